The van der Waals surface area contributed by atoms with Crippen LogP contribution in [0.3, 0.4) is 0 Å². The molecule has 0 radical (unpaired) electrons. The Labute approximate surface area is 56.8 Å². The van der Waals surface area contributed by atoms with Gasteiger partial charge in [-0.05, 0) is 0 Å². The summed E-state index contributed by atoms with van der Waals surface area (Å²) in [6, 6.07) is 0. The molecule has 2 N–H and O–H groups in total. The van der Waals surface area contributed by atoms with Crippen LogP contribution < -0.4 is 5.73 Å². The molecule has 5 heavy (non-hydrogen) atoms. The molecule has 0 heterocycles. The summed E-state index contributed by atoms with van der Waals surface area (Å²) in [6.07, 6.45) is 0. The molecule has 3 heteroatoms. The van der Waals surface area contributed by atoms with Gasteiger partial charge < -0.3 is 8.59 Å². The summed E-state index contributed by atoms with van der Waals surface area (Å²) in [4.78, 5) is 0. The third kappa shape index (κ3) is 11.1. The molecule has 0 rings (SSSR count). The summed E-state index contributed by atoms with van der Waals surface area (Å²) in [6.45, 7) is 0.684. The summed E-state index contributed by atoms with van der Waals surface area (Å²) in [7, 11) is 0. The molecule has 0 aromatic rings. The van der Waals surface area contributed by atoms with Crippen molar-refractivity contribution in [2.75, 3.05) is 12.3 Å². The summed E-state index contributed by atoms with van der Waals surface area (Å²) < 4.78 is 0. The first kappa shape index (κ1) is 9.42. The minimum absolute atomic E-state index is 0. The van der Waals surface area contributed by atoms with Gasteiger partial charge in [-0.25, -0.2) is 0 Å². The van der Waals surface area contributed by atoms with Gasteiger partial charge in [0.15, 0.2) is 0 Å². The molecule has 0 bridgehead atoms. The summed E-state index contributed by atoms with van der Waals surface area (Å²) in [5.74, 6) is 0.792. The zero-order valence-electron chi connectivity index (χ0n) is 5.15. The molecule has 1 nitrogen and oxygen atoms in total. The molecule has 0 aliphatic rings. The first-order valence-electron chi connectivity index (χ1n) is 1.22. The zero-order chi connectivity index (χ0) is 3.41. The SMILES string of the molecule is NCCS.[H-].[H-].[Mg+2]. The van der Waals surface area contributed by atoms with Crippen LogP contribution in [0.15, 0.2) is 0 Å². The first-order valence-corrected chi connectivity index (χ1v) is 1.86. The van der Waals surface area contributed by atoms with E-state index in [2.05, 4.69) is 12.6 Å². The van der Waals surface area contributed by atoms with Crippen molar-refractivity contribution in [2.45, 2.75) is 0 Å². The number of rotatable bonds is 1. The van der Waals surface area contributed by atoms with Crippen LogP contribution in [-0.2, 0) is 0 Å². The minimum Gasteiger partial charge on any atom is -1.00 e. The largest absolute Gasteiger partial charge is 2.00 e. The van der Waals surface area contributed by atoms with Crippen LogP contribution in [0, 0.1) is 0 Å². The van der Waals surface area contributed by atoms with Crippen LogP contribution in [0.4, 0.5) is 0 Å². The Bertz CT molecular complexity index is 17.7. The Morgan fingerprint density at radius 3 is 2.00 bits per heavy atom. The Balaban J connectivity index is -0.0000000150. The van der Waals surface area contributed by atoms with E-state index in [0.29, 0.717) is 6.54 Å². The average molecular weight is 103 g/mol. The maximum Gasteiger partial charge on any atom is 2.00 e. The van der Waals surface area contributed by atoms with Crippen molar-refractivity contribution in [2.24, 2.45) is 5.73 Å². The van der Waals surface area contributed by atoms with E-state index in [0.717, 1.165) is 5.75 Å². The number of hydrogen-bond donors (Lipinski definition) is 2. The van der Waals surface area contributed by atoms with Crippen molar-refractivity contribution in [1.29, 1.82) is 0 Å². The average Bonchev–Trinajstić information content (AvgIpc) is 1.37. The molecule has 0 saturated carbocycles. The van der Waals surface area contributed by atoms with Crippen molar-refractivity contribution in [1.82, 2.24) is 0 Å². The molecule has 0 aliphatic carbocycles. The minimum atomic E-state index is 0. The Morgan fingerprint density at radius 2 is 2.00 bits per heavy atom. The van der Waals surface area contributed by atoms with Gasteiger partial charge >= 0.3 is 23.1 Å². The van der Waals surface area contributed by atoms with Gasteiger partial charge in [0.25, 0.3) is 0 Å². The second-order valence-corrected chi connectivity index (χ2v) is 0.959. The molecule has 0 atom stereocenters. The monoisotopic (exact) mass is 103 g/mol. The van der Waals surface area contributed by atoms with Gasteiger partial charge in [0.2, 0.25) is 0 Å². The molecule has 30 valence electrons. The normalized spacial score (nSPS) is 6.00. The van der Waals surface area contributed by atoms with Crippen molar-refractivity contribution in [3.05, 3.63) is 0 Å². The molecule has 0 spiro atoms. The van der Waals surface area contributed by atoms with Crippen LogP contribution in [0.5, 0.6) is 0 Å². The Kier molecular flexibility index (Phi) is 16.8. The fourth-order valence-corrected chi connectivity index (χ4v) is 0. The Morgan fingerprint density at radius 1 is 1.80 bits per heavy atom. The van der Waals surface area contributed by atoms with Gasteiger partial charge in [-0.2, -0.15) is 12.6 Å². The summed E-state index contributed by atoms with van der Waals surface area (Å²) in [5.41, 5.74) is 4.95. The molecular weight excluding hydrogens is 94.4 g/mol. The van der Waals surface area contributed by atoms with Crippen molar-refractivity contribution < 1.29 is 2.85 Å². The number of hydrogen-bond acceptors (Lipinski definition) is 2. The number of nitrogens with two attached hydrogens (primary N) is 1. The predicted molar refractivity (Wildman–Crippen MR) is 30.9 cm³/mol. The predicted octanol–water partition coefficient (Wildman–Crippen LogP) is -0.281. The van der Waals surface area contributed by atoms with Gasteiger partial charge in [0.1, 0.15) is 0 Å². The molecule has 0 aliphatic heterocycles. The molecule has 0 unspecified atom stereocenters. The van der Waals surface area contributed by atoms with E-state index in [9.17, 15) is 0 Å². The van der Waals surface area contributed by atoms with E-state index in [4.69, 9.17) is 5.73 Å². The van der Waals surface area contributed by atoms with Gasteiger partial charge in [0.05, 0.1) is 0 Å². The second-order valence-electron chi connectivity index (χ2n) is 0.512. The van der Waals surface area contributed by atoms with Crippen LogP contribution in [0.1, 0.15) is 2.85 Å². The molecule has 0 fully saturated rings. The molecular formula is C2H9MgNS. The maximum atomic E-state index is 4.95. The van der Waals surface area contributed by atoms with Crippen molar-refractivity contribution in [3.8, 4) is 0 Å². The topological polar surface area (TPSA) is 26.0 Å². The van der Waals surface area contributed by atoms with Gasteiger partial charge in [-0.1, -0.05) is 0 Å². The third-order valence-corrected chi connectivity index (χ3v) is 0.387. The standard InChI is InChI=1S/C2H7NS.Mg.2H/c3-1-2-4;;;/h4H,1-3H2;;;/q;+2;2*-1. The maximum absolute atomic E-state index is 4.95. The molecule has 0 amide bonds. The van der Waals surface area contributed by atoms with E-state index < -0.39 is 0 Å². The van der Waals surface area contributed by atoms with E-state index >= 15 is 0 Å². The van der Waals surface area contributed by atoms with E-state index in [1.807, 2.05) is 0 Å². The zero-order valence-corrected chi connectivity index (χ0v) is 5.45. The molecule has 0 aromatic heterocycles. The fraction of sp³-hybridized carbons (Fsp3) is 1.00. The fourth-order valence-electron chi connectivity index (χ4n) is 0. The van der Waals surface area contributed by atoms with Gasteiger partial charge in [-0.15, -0.1) is 0 Å². The van der Waals surface area contributed by atoms with Crippen molar-refractivity contribution in [3.63, 3.8) is 0 Å². The van der Waals surface area contributed by atoms with Crippen LogP contribution in [0.25, 0.3) is 0 Å². The van der Waals surface area contributed by atoms with Gasteiger partial charge in [0, 0.05) is 12.3 Å². The van der Waals surface area contributed by atoms with Crippen LogP contribution >= 0.6 is 12.6 Å². The van der Waals surface area contributed by atoms with Crippen LogP contribution in [0.2, 0.25) is 0 Å². The van der Waals surface area contributed by atoms with Crippen molar-refractivity contribution >= 4 is 35.7 Å². The smallest absolute Gasteiger partial charge is 1.00 e. The molecule has 0 saturated heterocycles. The second kappa shape index (κ2) is 8.91. The number of thiol groups is 1. The van der Waals surface area contributed by atoms with E-state index in [1.165, 1.54) is 0 Å². The Hall–Kier alpha value is 1.08. The molecule has 0 aromatic carbocycles. The quantitative estimate of drug-likeness (QED) is 0.347. The van der Waals surface area contributed by atoms with E-state index in [1.54, 1.807) is 0 Å². The van der Waals surface area contributed by atoms with Gasteiger partial charge in [-0.3, -0.25) is 0 Å². The first-order chi connectivity index (χ1) is 1.91. The van der Waals surface area contributed by atoms with Crippen LogP contribution in [-0.4, -0.2) is 35.4 Å². The van der Waals surface area contributed by atoms with E-state index in [-0.39, 0.29) is 25.9 Å². The third-order valence-electron chi connectivity index (χ3n) is 0.129. The summed E-state index contributed by atoms with van der Waals surface area (Å²) in [5, 5.41) is 0. The summed E-state index contributed by atoms with van der Waals surface area (Å²) >= 11 is 3.80.